The van der Waals surface area contributed by atoms with Gasteiger partial charge in [0.1, 0.15) is 11.9 Å². The molecule has 26 heavy (non-hydrogen) atoms. The SMILES string of the molecule is Cc1cc2c(c(-c3cc(C)c4cc5c(cc4n3)OCO5)c1)OC(CN)C2. The number of aryl methyl sites for hydroxylation is 2. The molecule has 2 aromatic carbocycles. The fourth-order valence-corrected chi connectivity index (χ4v) is 3.84. The Morgan fingerprint density at radius 1 is 1.08 bits per heavy atom. The first-order chi connectivity index (χ1) is 12.6. The van der Waals surface area contributed by atoms with E-state index >= 15 is 0 Å². The third kappa shape index (κ3) is 2.31. The van der Waals surface area contributed by atoms with E-state index in [-0.39, 0.29) is 12.9 Å². The average molecular weight is 348 g/mol. The van der Waals surface area contributed by atoms with Crippen molar-refractivity contribution in [3.63, 3.8) is 0 Å². The molecule has 0 spiro atoms. The standard InChI is InChI=1S/C21H20N2O3/c1-11-3-13-6-14(9-22)26-21(13)16(4-11)17-5-12(2)15-7-19-20(25-10-24-19)8-18(15)23-17/h3-5,7-8,14H,6,9-10,22H2,1-2H3. The summed E-state index contributed by atoms with van der Waals surface area (Å²) in [4.78, 5) is 4.91. The maximum absolute atomic E-state index is 6.11. The lowest BCUT2D eigenvalue weighted by Gasteiger charge is -2.13. The molecule has 132 valence electrons. The Balaban J connectivity index is 1.70. The van der Waals surface area contributed by atoms with E-state index in [1.807, 2.05) is 12.1 Å². The molecular weight excluding hydrogens is 328 g/mol. The van der Waals surface area contributed by atoms with Crippen molar-refractivity contribution in [1.29, 1.82) is 0 Å². The van der Waals surface area contributed by atoms with Gasteiger partial charge in [-0.2, -0.15) is 0 Å². The Labute approximate surface area is 151 Å². The number of nitrogens with two attached hydrogens (primary N) is 1. The molecule has 3 aromatic rings. The van der Waals surface area contributed by atoms with E-state index in [1.54, 1.807) is 0 Å². The zero-order valence-corrected chi connectivity index (χ0v) is 14.8. The summed E-state index contributed by atoms with van der Waals surface area (Å²) in [6, 6.07) is 10.4. The number of hydrogen-bond donors (Lipinski definition) is 1. The highest BCUT2D eigenvalue weighted by atomic mass is 16.7. The summed E-state index contributed by atoms with van der Waals surface area (Å²) < 4.78 is 17.1. The van der Waals surface area contributed by atoms with E-state index in [0.29, 0.717) is 6.54 Å². The van der Waals surface area contributed by atoms with Gasteiger partial charge in [-0.15, -0.1) is 0 Å². The minimum Gasteiger partial charge on any atom is -0.488 e. The molecule has 1 unspecified atom stereocenters. The molecule has 1 atom stereocenters. The van der Waals surface area contributed by atoms with Crippen molar-refractivity contribution < 1.29 is 14.2 Å². The van der Waals surface area contributed by atoms with Gasteiger partial charge in [-0.1, -0.05) is 6.07 Å². The monoisotopic (exact) mass is 348 g/mol. The van der Waals surface area contributed by atoms with E-state index in [0.717, 1.165) is 51.4 Å². The highest BCUT2D eigenvalue weighted by Crippen LogP contribution is 2.41. The second-order valence-electron chi connectivity index (χ2n) is 7.03. The zero-order chi connectivity index (χ0) is 17.8. The van der Waals surface area contributed by atoms with Gasteiger partial charge in [0.2, 0.25) is 6.79 Å². The third-order valence-corrected chi connectivity index (χ3v) is 5.09. The van der Waals surface area contributed by atoms with Gasteiger partial charge in [-0.05, 0) is 48.7 Å². The summed E-state index contributed by atoms with van der Waals surface area (Å²) in [6.45, 7) is 4.97. The summed E-state index contributed by atoms with van der Waals surface area (Å²) in [5.74, 6) is 2.44. The summed E-state index contributed by atoms with van der Waals surface area (Å²) >= 11 is 0. The fourth-order valence-electron chi connectivity index (χ4n) is 3.84. The zero-order valence-electron chi connectivity index (χ0n) is 14.8. The van der Waals surface area contributed by atoms with Gasteiger partial charge in [0.05, 0.1) is 11.2 Å². The lowest BCUT2D eigenvalue weighted by molar-refractivity contribution is 0.174. The normalized spacial score (nSPS) is 17.4. The maximum atomic E-state index is 6.11. The molecule has 0 saturated heterocycles. The van der Waals surface area contributed by atoms with Crippen molar-refractivity contribution in [2.75, 3.05) is 13.3 Å². The first-order valence-corrected chi connectivity index (χ1v) is 8.84. The van der Waals surface area contributed by atoms with Crippen molar-refractivity contribution in [3.8, 4) is 28.5 Å². The lowest BCUT2D eigenvalue weighted by Crippen LogP contribution is -2.24. The molecule has 5 rings (SSSR count). The van der Waals surface area contributed by atoms with Crippen molar-refractivity contribution in [2.45, 2.75) is 26.4 Å². The molecule has 2 aliphatic rings. The molecule has 0 radical (unpaired) electrons. The smallest absolute Gasteiger partial charge is 0.231 e. The van der Waals surface area contributed by atoms with Crippen LogP contribution in [-0.2, 0) is 6.42 Å². The number of benzene rings is 2. The van der Waals surface area contributed by atoms with Crippen molar-refractivity contribution in [2.24, 2.45) is 5.73 Å². The number of ether oxygens (including phenoxy) is 3. The predicted molar refractivity (Wildman–Crippen MR) is 100.0 cm³/mol. The Hall–Kier alpha value is -2.79. The van der Waals surface area contributed by atoms with Crippen LogP contribution in [0.3, 0.4) is 0 Å². The Bertz CT molecular complexity index is 1050. The highest BCUT2D eigenvalue weighted by Gasteiger charge is 2.26. The largest absolute Gasteiger partial charge is 0.488 e. The van der Waals surface area contributed by atoms with E-state index in [1.165, 1.54) is 11.1 Å². The van der Waals surface area contributed by atoms with Crippen LogP contribution >= 0.6 is 0 Å². The minimum absolute atomic E-state index is 0.0425. The van der Waals surface area contributed by atoms with Crippen LogP contribution in [0.1, 0.15) is 16.7 Å². The average Bonchev–Trinajstić information content (AvgIpc) is 3.24. The molecule has 1 aromatic heterocycles. The van der Waals surface area contributed by atoms with Gasteiger partial charge in [-0.25, -0.2) is 4.98 Å². The van der Waals surface area contributed by atoms with Crippen molar-refractivity contribution in [3.05, 3.63) is 47.0 Å². The van der Waals surface area contributed by atoms with Crippen LogP contribution in [0.15, 0.2) is 30.3 Å². The molecule has 3 heterocycles. The van der Waals surface area contributed by atoms with E-state index in [2.05, 4.69) is 32.0 Å². The quantitative estimate of drug-likeness (QED) is 0.768. The molecular formula is C21H20N2O3. The second kappa shape index (κ2) is 5.61. The number of rotatable bonds is 2. The maximum Gasteiger partial charge on any atom is 0.231 e. The fraction of sp³-hybridized carbons (Fsp3) is 0.286. The molecule has 5 heteroatoms. The van der Waals surface area contributed by atoms with Crippen molar-refractivity contribution >= 4 is 10.9 Å². The topological polar surface area (TPSA) is 66.6 Å². The van der Waals surface area contributed by atoms with Gasteiger partial charge in [0, 0.05) is 30.0 Å². The van der Waals surface area contributed by atoms with Crippen LogP contribution < -0.4 is 19.9 Å². The molecule has 2 aliphatic heterocycles. The Morgan fingerprint density at radius 3 is 2.69 bits per heavy atom. The molecule has 0 bridgehead atoms. The Kier molecular flexibility index (Phi) is 3.34. The van der Waals surface area contributed by atoms with Crippen molar-refractivity contribution in [1.82, 2.24) is 4.98 Å². The lowest BCUT2D eigenvalue weighted by atomic mass is 9.99. The summed E-state index contributed by atoms with van der Waals surface area (Å²) in [5.41, 5.74) is 12.2. The first-order valence-electron chi connectivity index (χ1n) is 8.84. The number of hydrogen-bond acceptors (Lipinski definition) is 5. The van der Waals surface area contributed by atoms with Crippen LogP contribution in [0.2, 0.25) is 0 Å². The Morgan fingerprint density at radius 2 is 1.88 bits per heavy atom. The van der Waals surface area contributed by atoms with Gasteiger partial charge in [-0.3, -0.25) is 0 Å². The summed E-state index contributed by atoms with van der Waals surface area (Å²) in [5, 5.41) is 1.07. The molecule has 5 nitrogen and oxygen atoms in total. The summed E-state index contributed by atoms with van der Waals surface area (Å²) in [7, 11) is 0. The highest BCUT2D eigenvalue weighted by molar-refractivity contribution is 5.89. The van der Waals surface area contributed by atoms with Gasteiger partial charge in [0.25, 0.3) is 0 Å². The van der Waals surface area contributed by atoms with Crippen LogP contribution in [0.4, 0.5) is 0 Å². The van der Waals surface area contributed by atoms with Gasteiger partial charge >= 0.3 is 0 Å². The number of pyridine rings is 1. The molecule has 0 saturated carbocycles. The van der Waals surface area contributed by atoms with E-state index in [4.69, 9.17) is 24.9 Å². The van der Waals surface area contributed by atoms with Crippen LogP contribution in [0.25, 0.3) is 22.2 Å². The molecule has 0 aliphatic carbocycles. The van der Waals surface area contributed by atoms with Crippen LogP contribution in [0, 0.1) is 13.8 Å². The van der Waals surface area contributed by atoms with Gasteiger partial charge in [0.15, 0.2) is 11.5 Å². The second-order valence-corrected chi connectivity index (χ2v) is 7.03. The molecule has 2 N–H and O–H groups in total. The van der Waals surface area contributed by atoms with Crippen LogP contribution in [0.5, 0.6) is 17.2 Å². The number of nitrogens with zero attached hydrogens (tertiary/aromatic N) is 1. The van der Waals surface area contributed by atoms with E-state index < -0.39 is 0 Å². The minimum atomic E-state index is 0.0425. The summed E-state index contributed by atoms with van der Waals surface area (Å²) in [6.07, 6.45) is 0.895. The first kappa shape index (κ1) is 15.5. The molecule has 0 amide bonds. The van der Waals surface area contributed by atoms with Crippen LogP contribution in [-0.4, -0.2) is 24.4 Å². The number of aromatic nitrogens is 1. The van der Waals surface area contributed by atoms with E-state index in [9.17, 15) is 0 Å². The van der Waals surface area contributed by atoms with Gasteiger partial charge < -0.3 is 19.9 Å². The molecule has 0 fully saturated rings. The number of fused-ring (bicyclic) bond motifs is 3. The third-order valence-electron chi connectivity index (χ3n) is 5.09. The predicted octanol–water partition coefficient (Wildman–Crippen LogP) is 3.51.